The smallest absolute Gasteiger partial charge is 0.227 e. The normalized spacial score (nSPS) is 25.0. The van der Waals surface area contributed by atoms with Crippen molar-refractivity contribution in [1.82, 2.24) is 4.90 Å². The number of halogens is 2. The molecular weight excluding hydrogens is 286 g/mol. The third-order valence-electron chi connectivity index (χ3n) is 4.66. The topological polar surface area (TPSA) is 46.3 Å². The molecule has 2 N–H and O–H groups in total. The summed E-state index contributed by atoms with van der Waals surface area (Å²) in [4.78, 5) is 14.3. The number of nitrogens with zero attached hydrogens (tertiary/aromatic N) is 1. The zero-order chi connectivity index (χ0) is 16.3. The van der Waals surface area contributed by atoms with Crippen LogP contribution in [0.5, 0.6) is 0 Å². The van der Waals surface area contributed by atoms with Gasteiger partial charge >= 0.3 is 0 Å². The standard InChI is InChI=1S/C17H24F2N2O/c1-3-21(11-12-14(18)8-6-9-15(12)19)16(22)13-7-4-5-10-17(13,2)20/h6,8-9,13H,3-5,7,10-11,20H2,1-2H3. The second-order valence-electron chi connectivity index (χ2n) is 6.36. The highest BCUT2D eigenvalue weighted by molar-refractivity contribution is 5.80. The van der Waals surface area contributed by atoms with Crippen LogP contribution in [-0.2, 0) is 11.3 Å². The maximum atomic E-state index is 13.8. The van der Waals surface area contributed by atoms with Crippen molar-refractivity contribution in [2.45, 2.75) is 51.6 Å². The van der Waals surface area contributed by atoms with Crippen molar-refractivity contribution in [2.24, 2.45) is 11.7 Å². The van der Waals surface area contributed by atoms with E-state index < -0.39 is 17.2 Å². The summed E-state index contributed by atoms with van der Waals surface area (Å²) in [7, 11) is 0. The number of rotatable bonds is 4. The first-order valence-corrected chi connectivity index (χ1v) is 7.87. The van der Waals surface area contributed by atoms with Crippen LogP contribution in [0.2, 0.25) is 0 Å². The second kappa shape index (κ2) is 6.73. The van der Waals surface area contributed by atoms with Gasteiger partial charge in [0.1, 0.15) is 11.6 Å². The molecule has 2 rings (SSSR count). The van der Waals surface area contributed by atoms with Gasteiger partial charge in [0.25, 0.3) is 0 Å². The van der Waals surface area contributed by atoms with Crippen molar-refractivity contribution in [3.05, 3.63) is 35.4 Å². The van der Waals surface area contributed by atoms with Gasteiger partial charge < -0.3 is 10.6 Å². The van der Waals surface area contributed by atoms with Crippen molar-refractivity contribution in [3.63, 3.8) is 0 Å². The zero-order valence-electron chi connectivity index (χ0n) is 13.2. The Kier molecular flexibility index (Phi) is 5.16. The molecule has 2 unspecified atom stereocenters. The molecule has 122 valence electrons. The molecule has 0 radical (unpaired) electrons. The van der Waals surface area contributed by atoms with Gasteiger partial charge in [-0.25, -0.2) is 8.78 Å². The van der Waals surface area contributed by atoms with Crippen LogP contribution in [0.3, 0.4) is 0 Å². The minimum Gasteiger partial charge on any atom is -0.338 e. The largest absolute Gasteiger partial charge is 0.338 e. The quantitative estimate of drug-likeness (QED) is 0.928. The van der Waals surface area contributed by atoms with Crippen molar-refractivity contribution in [1.29, 1.82) is 0 Å². The second-order valence-corrected chi connectivity index (χ2v) is 6.36. The minimum atomic E-state index is -0.620. The molecule has 1 aromatic rings. The molecule has 1 amide bonds. The Morgan fingerprint density at radius 2 is 2.00 bits per heavy atom. The number of hydrogen-bond donors (Lipinski definition) is 1. The van der Waals surface area contributed by atoms with Gasteiger partial charge in [-0.1, -0.05) is 18.9 Å². The SMILES string of the molecule is CCN(Cc1c(F)cccc1F)C(=O)C1CCCCC1(C)N. The van der Waals surface area contributed by atoms with Gasteiger partial charge in [0.15, 0.2) is 0 Å². The Morgan fingerprint density at radius 3 is 2.55 bits per heavy atom. The molecule has 0 spiro atoms. The molecule has 2 atom stereocenters. The van der Waals surface area contributed by atoms with E-state index in [4.69, 9.17) is 5.73 Å². The Balaban J connectivity index is 2.19. The summed E-state index contributed by atoms with van der Waals surface area (Å²) in [6.07, 6.45) is 3.52. The van der Waals surface area contributed by atoms with Crippen LogP contribution in [-0.4, -0.2) is 22.9 Å². The average molecular weight is 310 g/mol. The molecule has 22 heavy (non-hydrogen) atoms. The fourth-order valence-corrected chi connectivity index (χ4v) is 3.20. The van der Waals surface area contributed by atoms with Crippen molar-refractivity contribution < 1.29 is 13.6 Å². The average Bonchev–Trinajstić information content (AvgIpc) is 2.46. The molecule has 0 aliphatic heterocycles. The summed E-state index contributed by atoms with van der Waals surface area (Å²) in [5.41, 5.74) is 5.67. The molecule has 0 aromatic heterocycles. The molecule has 1 aromatic carbocycles. The molecule has 3 nitrogen and oxygen atoms in total. The zero-order valence-corrected chi connectivity index (χ0v) is 13.2. The Morgan fingerprint density at radius 1 is 1.36 bits per heavy atom. The predicted octanol–water partition coefficient (Wildman–Crippen LogP) is 3.22. The molecule has 0 heterocycles. The highest BCUT2D eigenvalue weighted by Crippen LogP contribution is 2.33. The van der Waals surface area contributed by atoms with Gasteiger partial charge in [0.05, 0.1) is 12.5 Å². The number of carbonyl (C=O) groups excluding carboxylic acids is 1. The lowest BCUT2D eigenvalue weighted by atomic mass is 9.74. The lowest BCUT2D eigenvalue weighted by Crippen LogP contribution is -2.53. The summed E-state index contributed by atoms with van der Waals surface area (Å²) < 4.78 is 27.6. The van der Waals surface area contributed by atoms with E-state index >= 15 is 0 Å². The van der Waals surface area contributed by atoms with Crippen LogP contribution in [0.15, 0.2) is 18.2 Å². The maximum Gasteiger partial charge on any atom is 0.227 e. The van der Waals surface area contributed by atoms with Crippen molar-refractivity contribution in [3.8, 4) is 0 Å². The number of carbonyl (C=O) groups is 1. The third kappa shape index (κ3) is 3.46. The Labute approximate surface area is 130 Å². The van der Waals surface area contributed by atoms with Crippen LogP contribution in [0.1, 0.15) is 45.1 Å². The summed E-state index contributed by atoms with van der Waals surface area (Å²) in [5, 5.41) is 0. The van der Waals surface area contributed by atoms with E-state index in [1.807, 2.05) is 13.8 Å². The van der Waals surface area contributed by atoms with Gasteiger partial charge in [0.2, 0.25) is 5.91 Å². The molecule has 1 saturated carbocycles. The molecule has 1 aliphatic rings. The van der Waals surface area contributed by atoms with E-state index in [1.54, 1.807) is 0 Å². The van der Waals surface area contributed by atoms with E-state index in [1.165, 1.54) is 23.1 Å². The fourth-order valence-electron chi connectivity index (χ4n) is 3.20. The van der Waals surface area contributed by atoms with E-state index in [2.05, 4.69) is 0 Å². The number of benzene rings is 1. The van der Waals surface area contributed by atoms with Crippen LogP contribution in [0.4, 0.5) is 8.78 Å². The lowest BCUT2D eigenvalue weighted by molar-refractivity contribution is -0.139. The summed E-state index contributed by atoms with van der Waals surface area (Å²) >= 11 is 0. The lowest BCUT2D eigenvalue weighted by Gasteiger charge is -2.39. The highest BCUT2D eigenvalue weighted by atomic mass is 19.1. The number of amides is 1. The van der Waals surface area contributed by atoms with Crippen LogP contribution in [0.25, 0.3) is 0 Å². The molecule has 1 aliphatic carbocycles. The molecule has 5 heteroatoms. The summed E-state index contributed by atoms with van der Waals surface area (Å²) in [6.45, 7) is 4.05. The van der Waals surface area contributed by atoms with E-state index in [0.29, 0.717) is 6.54 Å². The highest BCUT2D eigenvalue weighted by Gasteiger charge is 2.39. The van der Waals surface area contributed by atoms with Gasteiger partial charge in [-0.05, 0) is 38.8 Å². The Bertz CT molecular complexity index is 525. The van der Waals surface area contributed by atoms with E-state index in [9.17, 15) is 13.6 Å². The van der Waals surface area contributed by atoms with Gasteiger partial charge in [-0.3, -0.25) is 4.79 Å². The fraction of sp³-hybridized carbons (Fsp3) is 0.588. The summed E-state index contributed by atoms with van der Waals surface area (Å²) in [5.74, 6) is -1.62. The van der Waals surface area contributed by atoms with Gasteiger partial charge in [-0.15, -0.1) is 0 Å². The predicted molar refractivity (Wildman–Crippen MR) is 82.0 cm³/mol. The van der Waals surface area contributed by atoms with E-state index in [0.717, 1.165) is 25.7 Å². The third-order valence-corrected chi connectivity index (χ3v) is 4.66. The molecular formula is C17H24F2N2O. The molecule has 0 saturated heterocycles. The first-order chi connectivity index (χ1) is 10.4. The maximum absolute atomic E-state index is 13.8. The first kappa shape index (κ1) is 16.9. The Hall–Kier alpha value is -1.49. The summed E-state index contributed by atoms with van der Waals surface area (Å²) in [6, 6.07) is 3.75. The van der Waals surface area contributed by atoms with Crippen LogP contribution in [0, 0.1) is 17.6 Å². The van der Waals surface area contributed by atoms with Crippen molar-refractivity contribution in [2.75, 3.05) is 6.54 Å². The monoisotopic (exact) mass is 310 g/mol. The van der Waals surface area contributed by atoms with Crippen LogP contribution >= 0.6 is 0 Å². The molecule has 1 fully saturated rings. The molecule has 0 bridgehead atoms. The van der Waals surface area contributed by atoms with Gasteiger partial charge in [-0.2, -0.15) is 0 Å². The number of hydrogen-bond acceptors (Lipinski definition) is 2. The number of nitrogens with two attached hydrogens (primary N) is 1. The first-order valence-electron chi connectivity index (χ1n) is 7.87. The minimum absolute atomic E-state index is 0.0551. The van der Waals surface area contributed by atoms with Gasteiger partial charge in [0, 0.05) is 17.6 Å². The van der Waals surface area contributed by atoms with E-state index in [-0.39, 0.29) is 23.9 Å². The van der Waals surface area contributed by atoms with Crippen LogP contribution < -0.4 is 5.73 Å². The van der Waals surface area contributed by atoms with Crippen molar-refractivity contribution >= 4 is 5.91 Å².